The zero-order valence-electron chi connectivity index (χ0n) is 23.2. The molecule has 2 bridgehead atoms. The van der Waals surface area contributed by atoms with Crippen LogP contribution >= 0.6 is 0 Å². The van der Waals surface area contributed by atoms with Crippen LogP contribution in [0.1, 0.15) is 12.8 Å². The van der Waals surface area contributed by atoms with Crippen LogP contribution in [0.2, 0.25) is 0 Å². The van der Waals surface area contributed by atoms with Crippen molar-refractivity contribution in [3.63, 3.8) is 0 Å². The van der Waals surface area contributed by atoms with E-state index in [0.29, 0.717) is 23.4 Å². The van der Waals surface area contributed by atoms with E-state index >= 15 is 0 Å². The molecule has 3 N–H and O–H groups in total. The van der Waals surface area contributed by atoms with E-state index in [9.17, 15) is 9.18 Å². The van der Waals surface area contributed by atoms with Crippen LogP contribution in [0.5, 0.6) is 0 Å². The summed E-state index contributed by atoms with van der Waals surface area (Å²) in [6.07, 6.45) is 2.50. The van der Waals surface area contributed by atoms with Gasteiger partial charge >= 0.3 is 6.03 Å². The number of anilines is 5. The molecule has 0 spiro atoms. The molecule has 3 aromatic rings. The lowest BCUT2D eigenvalue weighted by molar-refractivity contribution is 0.0299. The summed E-state index contributed by atoms with van der Waals surface area (Å²) in [5.74, 6) is 1.60. The van der Waals surface area contributed by atoms with Crippen molar-refractivity contribution in [2.45, 2.75) is 25.0 Å². The Morgan fingerprint density at radius 3 is 2.27 bits per heavy atom. The average molecular weight is 562 g/mol. The van der Waals surface area contributed by atoms with Crippen molar-refractivity contribution in [2.75, 3.05) is 80.0 Å². The summed E-state index contributed by atoms with van der Waals surface area (Å²) >= 11 is 0. The van der Waals surface area contributed by atoms with E-state index in [1.54, 1.807) is 12.1 Å². The molecule has 216 valence electrons. The van der Waals surface area contributed by atoms with Crippen molar-refractivity contribution < 1.29 is 13.9 Å². The summed E-state index contributed by atoms with van der Waals surface area (Å²) in [6.45, 7) is 4.99. The Morgan fingerprint density at radius 1 is 0.902 bits per heavy atom. The zero-order valence-corrected chi connectivity index (χ0v) is 23.2. The van der Waals surface area contributed by atoms with Gasteiger partial charge in [-0.05, 0) is 68.4 Å². The highest BCUT2D eigenvalue weighted by atomic mass is 19.1. The van der Waals surface area contributed by atoms with Gasteiger partial charge in [0.15, 0.2) is 5.82 Å². The number of alkyl halides is 1. The number of hydrogen-bond donors (Lipinski definition) is 3. The lowest BCUT2D eigenvalue weighted by atomic mass is 10.2. The maximum Gasteiger partial charge on any atom is 0.319 e. The number of urea groups is 1. The van der Waals surface area contributed by atoms with E-state index in [2.05, 4.69) is 62.0 Å². The Hall–Kier alpha value is -4.03. The fourth-order valence-corrected chi connectivity index (χ4v) is 5.46. The van der Waals surface area contributed by atoms with Crippen molar-refractivity contribution in [3.05, 3.63) is 48.5 Å². The number of hydrogen-bond acceptors (Lipinski definition) is 9. The van der Waals surface area contributed by atoms with Crippen molar-refractivity contribution in [3.8, 4) is 11.4 Å². The Balaban J connectivity index is 1.23. The molecule has 0 aliphatic carbocycles. The predicted octanol–water partition coefficient (Wildman–Crippen LogP) is 3.49. The topological polar surface area (TPSA) is 111 Å². The van der Waals surface area contributed by atoms with Crippen LogP contribution < -0.4 is 25.8 Å². The number of halogens is 1. The Bertz CT molecular complexity index is 1320. The molecule has 0 radical (unpaired) electrons. The molecule has 0 saturated carbocycles. The number of nitrogens with one attached hydrogen (secondary N) is 3. The number of ether oxygens (including phenoxy) is 1. The largest absolute Gasteiger partial charge is 0.371 e. The number of piperazine rings is 1. The summed E-state index contributed by atoms with van der Waals surface area (Å²) in [7, 11) is 2.16. The monoisotopic (exact) mass is 561 g/mol. The first-order chi connectivity index (χ1) is 20.0. The number of rotatable bonds is 8. The summed E-state index contributed by atoms with van der Waals surface area (Å²) < 4.78 is 18.4. The Morgan fingerprint density at radius 2 is 1.59 bits per heavy atom. The third-order valence-electron chi connectivity index (χ3n) is 7.72. The van der Waals surface area contributed by atoms with Crippen LogP contribution in [0.3, 0.4) is 0 Å². The number of morpholine rings is 1. The normalized spacial score (nSPS) is 20.6. The first-order valence-corrected chi connectivity index (χ1v) is 14.2. The first kappa shape index (κ1) is 27.2. The zero-order chi connectivity index (χ0) is 28.2. The van der Waals surface area contributed by atoms with Crippen molar-refractivity contribution in [2.24, 2.45) is 0 Å². The van der Waals surface area contributed by atoms with E-state index in [1.165, 1.54) is 5.69 Å². The van der Waals surface area contributed by atoms with Gasteiger partial charge in [0.25, 0.3) is 0 Å². The fourth-order valence-electron chi connectivity index (χ4n) is 5.46. The smallest absolute Gasteiger partial charge is 0.319 e. The van der Waals surface area contributed by atoms with Crippen LogP contribution in [0.4, 0.5) is 38.1 Å². The minimum atomic E-state index is -0.616. The van der Waals surface area contributed by atoms with E-state index in [1.807, 2.05) is 12.1 Å². The van der Waals surface area contributed by atoms with Crippen molar-refractivity contribution in [1.29, 1.82) is 0 Å². The molecule has 2 unspecified atom stereocenters. The van der Waals surface area contributed by atoms with Gasteiger partial charge < -0.3 is 35.4 Å². The number of likely N-dealkylation sites (N-methyl/N-ethyl adjacent to an activating group) is 1. The van der Waals surface area contributed by atoms with Gasteiger partial charge in [0, 0.05) is 68.4 Å². The van der Waals surface area contributed by atoms with Gasteiger partial charge in [-0.15, -0.1) is 0 Å². The summed E-state index contributed by atoms with van der Waals surface area (Å²) in [5.41, 5.74) is 3.47. The fraction of sp³-hybridized carbons (Fsp3) is 0.448. The van der Waals surface area contributed by atoms with Gasteiger partial charge in [0.1, 0.15) is 6.67 Å². The average Bonchev–Trinajstić information content (AvgIpc) is 3.34. The number of benzene rings is 2. The van der Waals surface area contributed by atoms with E-state index < -0.39 is 12.7 Å². The highest BCUT2D eigenvalue weighted by Gasteiger charge is 2.35. The van der Waals surface area contributed by atoms with Gasteiger partial charge in [-0.25, -0.2) is 9.18 Å². The second kappa shape index (κ2) is 12.2. The molecule has 6 rings (SSSR count). The molecule has 1 aromatic heterocycles. The number of carbonyl (C=O) groups is 1. The molecule has 3 aliphatic heterocycles. The highest BCUT2D eigenvalue weighted by Crippen LogP contribution is 2.30. The molecule has 41 heavy (non-hydrogen) atoms. The molecular weight excluding hydrogens is 525 g/mol. The van der Waals surface area contributed by atoms with Crippen molar-refractivity contribution >= 4 is 35.0 Å². The lowest BCUT2D eigenvalue weighted by Crippen LogP contribution is -2.44. The summed E-state index contributed by atoms with van der Waals surface area (Å²) in [6, 6.07) is 15.2. The van der Waals surface area contributed by atoms with Crippen LogP contribution in [0.25, 0.3) is 11.4 Å². The molecule has 3 fully saturated rings. The number of fused-ring (bicyclic) bond motifs is 2. The number of amides is 2. The van der Waals surface area contributed by atoms with Gasteiger partial charge in [-0.3, -0.25) is 0 Å². The third-order valence-corrected chi connectivity index (χ3v) is 7.72. The van der Waals surface area contributed by atoms with Gasteiger partial charge in [0.05, 0.1) is 12.2 Å². The highest BCUT2D eigenvalue weighted by molar-refractivity contribution is 5.89. The maximum atomic E-state index is 12.3. The first-order valence-electron chi connectivity index (χ1n) is 14.2. The third kappa shape index (κ3) is 6.66. The minimum Gasteiger partial charge on any atom is -0.371 e. The SMILES string of the molecule is CN1CCN(c2ccc(Nc3nc(-c4ccc(NC(=O)NCCF)cc4)nc(N4CC5CCC(C4)O5)n3)cc2)CC1. The number of carbonyl (C=O) groups excluding carboxylic acids is 1. The number of nitrogens with zero attached hydrogens (tertiary/aromatic N) is 6. The van der Waals surface area contributed by atoms with Crippen LogP contribution in [0.15, 0.2) is 48.5 Å². The molecule has 3 aliphatic rings. The Kier molecular flexibility index (Phi) is 8.10. The lowest BCUT2D eigenvalue weighted by Gasteiger charge is -2.34. The van der Waals surface area contributed by atoms with Crippen LogP contribution in [-0.4, -0.2) is 97.6 Å². The summed E-state index contributed by atoms with van der Waals surface area (Å²) in [5, 5.41) is 8.53. The van der Waals surface area contributed by atoms with Gasteiger partial charge in [-0.1, -0.05) is 0 Å². The van der Waals surface area contributed by atoms with E-state index in [0.717, 1.165) is 63.4 Å². The molecule has 2 aromatic carbocycles. The quantitative estimate of drug-likeness (QED) is 0.381. The molecule has 12 heteroatoms. The Labute approximate surface area is 239 Å². The number of aromatic nitrogens is 3. The van der Waals surface area contributed by atoms with Crippen molar-refractivity contribution in [1.82, 2.24) is 25.2 Å². The van der Waals surface area contributed by atoms with Crippen LogP contribution in [-0.2, 0) is 4.74 Å². The van der Waals surface area contributed by atoms with E-state index in [-0.39, 0.29) is 18.8 Å². The van der Waals surface area contributed by atoms with E-state index in [4.69, 9.17) is 19.7 Å². The molecule has 11 nitrogen and oxygen atoms in total. The second-order valence-electron chi connectivity index (χ2n) is 10.8. The minimum absolute atomic E-state index is 0.0326. The molecule has 4 heterocycles. The standard InChI is InChI=1S/C29H36FN9O2/c1-37-14-16-38(17-15-37)23-8-6-21(7-9-23)32-27-34-26(20-2-4-22(5-3-20)33-29(40)31-13-12-30)35-28(36-27)39-18-24-10-11-25(19-39)41-24/h2-9,24-25H,10-19H2,1H3,(H2,31,33,40)(H,32,34,35,36). The molecule has 3 saturated heterocycles. The summed E-state index contributed by atoms with van der Waals surface area (Å²) in [4.78, 5) is 33.2. The molecular formula is C29H36FN9O2. The van der Waals surface area contributed by atoms with Gasteiger partial charge in [-0.2, -0.15) is 15.0 Å². The second-order valence-corrected chi connectivity index (χ2v) is 10.8. The predicted molar refractivity (Wildman–Crippen MR) is 158 cm³/mol. The maximum absolute atomic E-state index is 12.3. The molecule has 2 atom stereocenters. The molecule has 2 amide bonds. The van der Waals surface area contributed by atoms with Crippen LogP contribution in [0, 0.1) is 0 Å². The van der Waals surface area contributed by atoms with Gasteiger partial charge in [0.2, 0.25) is 11.9 Å².